The van der Waals surface area contributed by atoms with Crippen molar-refractivity contribution in [1.82, 2.24) is 0 Å². The lowest BCUT2D eigenvalue weighted by molar-refractivity contribution is 0.861. The summed E-state index contributed by atoms with van der Waals surface area (Å²) in [6, 6.07) is -0.311. The molecule has 66 valence electrons. The molecule has 0 radical (unpaired) electrons. The zero-order valence-corrected chi connectivity index (χ0v) is 8.76. The first kappa shape index (κ1) is 9.77. The van der Waals surface area contributed by atoms with Crippen molar-refractivity contribution in [2.45, 2.75) is 19.9 Å². The molecular formula is C8H12N2S2. The van der Waals surface area contributed by atoms with E-state index in [1.54, 1.807) is 0 Å². The average molecular weight is 200 g/mol. The van der Waals surface area contributed by atoms with Crippen molar-refractivity contribution in [3.05, 3.63) is 11.3 Å². The molecule has 0 heterocycles. The lowest BCUT2D eigenvalue weighted by Crippen LogP contribution is -2.46. The fourth-order valence-electron chi connectivity index (χ4n) is 1.21. The average Bonchev–Trinajstić information content (AvgIpc) is 2.08. The lowest BCUT2D eigenvalue weighted by Gasteiger charge is -2.28. The number of hydrogen-bond donors (Lipinski definition) is 2. The van der Waals surface area contributed by atoms with Crippen LogP contribution in [0.15, 0.2) is 11.3 Å². The zero-order valence-electron chi connectivity index (χ0n) is 7.13. The van der Waals surface area contributed by atoms with Crippen molar-refractivity contribution in [2.24, 2.45) is 17.4 Å². The Morgan fingerprint density at radius 1 is 1.33 bits per heavy atom. The second-order valence-corrected chi connectivity index (χ2v) is 3.97. The molecule has 1 aliphatic carbocycles. The van der Waals surface area contributed by atoms with E-state index in [1.807, 2.05) is 13.8 Å². The van der Waals surface area contributed by atoms with E-state index in [0.29, 0.717) is 10.6 Å². The molecule has 4 heteroatoms. The standard InChI is InChI=1S/C8H12N2S2/c1-3-4(2)7(11)6(10)8(12)5(3)9/h4,6H,9-10H2,1-2H3. The van der Waals surface area contributed by atoms with E-state index >= 15 is 0 Å². The van der Waals surface area contributed by atoms with Gasteiger partial charge in [-0.2, -0.15) is 0 Å². The predicted octanol–water partition coefficient (Wildman–Crippen LogP) is 0.936. The van der Waals surface area contributed by atoms with Crippen LogP contribution in [0.4, 0.5) is 0 Å². The van der Waals surface area contributed by atoms with Crippen molar-refractivity contribution in [2.75, 3.05) is 0 Å². The number of thiocarbonyl (C=S) groups is 2. The second-order valence-electron chi connectivity index (χ2n) is 3.06. The van der Waals surface area contributed by atoms with Gasteiger partial charge in [0.15, 0.2) is 0 Å². The largest absolute Gasteiger partial charge is 0.398 e. The fourth-order valence-corrected chi connectivity index (χ4v) is 1.86. The number of nitrogens with two attached hydrogens (primary N) is 2. The first-order chi connectivity index (χ1) is 5.46. The minimum absolute atomic E-state index is 0.182. The van der Waals surface area contributed by atoms with E-state index in [9.17, 15) is 0 Å². The van der Waals surface area contributed by atoms with Crippen molar-refractivity contribution < 1.29 is 0 Å². The number of hydrogen-bond acceptors (Lipinski definition) is 4. The van der Waals surface area contributed by atoms with E-state index in [-0.39, 0.29) is 12.0 Å². The highest BCUT2D eigenvalue weighted by atomic mass is 32.1. The third-order valence-electron chi connectivity index (χ3n) is 2.36. The molecule has 0 bridgehead atoms. The first-order valence-corrected chi connectivity index (χ1v) is 4.58. The van der Waals surface area contributed by atoms with Crippen molar-refractivity contribution >= 4 is 34.2 Å². The van der Waals surface area contributed by atoms with Crippen LogP contribution in [0.3, 0.4) is 0 Å². The quantitative estimate of drug-likeness (QED) is 0.571. The monoisotopic (exact) mass is 200 g/mol. The van der Waals surface area contributed by atoms with Crippen LogP contribution in [0.2, 0.25) is 0 Å². The van der Waals surface area contributed by atoms with Crippen molar-refractivity contribution in [1.29, 1.82) is 0 Å². The van der Waals surface area contributed by atoms with Gasteiger partial charge in [-0.15, -0.1) is 0 Å². The highest BCUT2D eigenvalue weighted by Crippen LogP contribution is 2.23. The summed E-state index contributed by atoms with van der Waals surface area (Å²) in [6.07, 6.45) is 0. The molecule has 1 aliphatic rings. The van der Waals surface area contributed by atoms with Crippen LogP contribution in [0, 0.1) is 5.92 Å². The molecule has 0 aliphatic heterocycles. The van der Waals surface area contributed by atoms with E-state index in [2.05, 4.69) is 0 Å². The van der Waals surface area contributed by atoms with Gasteiger partial charge in [0.05, 0.1) is 10.9 Å². The third kappa shape index (κ3) is 1.30. The van der Waals surface area contributed by atoms with Crippen LogP contribution in [-0.4, -0.2) is 15.8 Å². The Hall–Kier alpha value is -0.320. The Kier molecular flexibility index (Phi) is 2.61. The van der Waals surface area contributed by atoms with E-state index < -0.39 is 0 Å². The molecule has 0 spiro atoms. The molecule has 0 fully saturated rings. The highest BCUT2D eigenvalue weighted by Gasteiger charge is 2.29. The first-order valence-electron chi connectivity index (χ1n) is 3.76. The molecule has 0 saturated heterocycles. The predicted molar refractivity (Wildman–Crippen MR) is 59.2 cm³/mol. The normalized spacial score (nSPS) is 31.2. The smallest absolute Gasteiger partial charge is 0.0744 e. The summed E-state index contributed by atoms with van der Waals surface area (Å²) in [6.45, 7) is 3.96. The van der Waals surface area contributed by atoms with Gasteiger partial charge in [-0.25, -0.2) is 0 Å². The number of allylic oxidation sites excluding steroid dienone is 1. The summed E-state index contributed by atoms with van der Waals surface area (Å²) >= 11 is 10.2. The van der Waals surface area contributed by atoms with Gasteiger partial charge in [0.1, 0.15) is 0 Å². The number of rotatable bonds is 0. The van der Waals surface area contributed by atoms with Gasteiger partial charge in [0.2, 0.25) is 0 Å². The molecule has 1 rings (SSSR count). The zero-order chi connectivity index (χ0) is 9.46. The van der Waals surface area contributed by atoms with Gasteiger partial charge < -0.3 is 11.5 Å². The maximum absolute atomic E-state index is 5.77. The molecule has 4 N–H and O–H groups in total. The maximum Gasteiger partial charge on any atom is 0.0744 e. The van der Waals surface area contributed by atoms with Crippen LogP contribution < -0.4 is 11.5 Å². The summed E-state index contributed by atoms with van der Waals surface area (Å²) in [5, 5.41) is 0. The Morgan fingerprint density at radius 2 is 1.83 bits per heavy atom. The van der Waals surface area contributed by atoms with Crippen LogP contribution in [0.25, 0.3) is 0 Å². The van der Waals surface area contributed by atoms with Gasteiger partial charge >= 0.3 is 0 Å². The molecule has 2 nitrogen and oxygen atoms in total. The molecule has 0 saturated carbocycles. The molecule has 2 unspecified atom stereocenters. The summed E-state index contributed by atoms with van der Waals surface area (Å²) in [5.74, 6) is 0.182. The summed E-state index contributed by atoms with van der Waals surface area (Å²) in [4.78, 5) is 1.39. The molecule has 2 atom stereocenters. The van der Waals surface area contributed by atoms with Crippen LogP contribution in [-0.2, 0) is 0 Å². The molecular weight excluding hydrogens is 188 g/mol. The van der Waals surface area contributed by atoms with Crippen molar-refractivity contribution in [3.63, 3.8) is 0 Å². The molecule has 0 amide bonds. The highest BCUT2D eigenvalue weighted by molar-refractivity contribution is 7.82. The van der Waals surface area contributed by atoms with E-state index in [4.69, 9.17) is 35.9 Å². The molecule has 0 aromatic carbocycles. The van der Waals surface area contributed by atoms with Gasteiger partial charge in [0, 0.05) is 16.5 Å². The topological polar surface area (TPSA) is 52.0 Å². The summed E-state index contributed by atoms with van der Waals surface area (Å²) in [7, 11) is 0. The van der Waals surface area contributed by atoms with Crippen LogP contribution >= 0.6 is 24.4 Å². The third-order valence-corrected chi connectivity index (χ3v) is 3.44. The summed E-state index contributed by atoms with van der Waals surface area (Å²) < 4.78 is 0. The molecule has 0 aromatic rings. The van der Waals surface area contributed by atoms with Gasteiger partial charge in [0.25, 0.3) is 0 Å². The van der Waals surface area contributed by atoms with Gasteiger partial charge in [-0.1, -0.05) is 31.4 Å². The Bertz CT molecular complexity index is 281. The minimum Gasteiger partial charge on any atom is -0.398 e. The second kappa shape index (κ2) is 3.20. The van der Waals surface area contributed by atoms with Crippen LogP contribution in [0.1, 0.15) is 13.8 Å². The maximum atomic E-state index is 5.77. The Labute approximate surface area is 83.0 Å². The Morgan fingerprint density at radius 3 is 2.33 bits per heavy atom. The molecule has 0 aromatic heterocycles. The van der Waals surface area contributed by atoms with Gasteiger partial charge in [-0.3, -0.25) is 0 Å². The van der Waals surface area contributed by atoms with Gasteiger partial charge in [-0.05, 0) is 12.5 Å². The lowest BCUT2D eigenvalue weighted by atomic mass is 9.85. The molecule has 12 heavy (non-hydrogen) atoms. The summed E-state index contributed by atoms with van der Waals surface area (Å²) in [5.41, 5.74) is 13.2. The fraction of sp³-hybridized carbons (Fsp3) is 0.500. The SMILES string of the molecule is CC1=C(N)C(=S)C(N)C(=S)C1C. The Balaban J connectivity index is 3.17. The minimum atomic E-state index is -0.311. The van der Waals surface area contributed by atoms with E-state index in [1.165, 1.54) is 0 Å². The van der Waals surface area contributed by atoms with Crippen molar-refractivity contribution in [3.8, 4) is 0 Å². The van der Waals surface area contributed by atoms with Crippen LogP contribution in [0.5, 0.6) is 0 Å². The van der Waals surface area contributed by atoms with E-state index in [0.717, 1.165) is 10.4 Å².